The number of rotatable bonds is 7. The number of anilines is 1. The summed E-state index contributed by atoms with van der Waals surface area (Å²) < 4.78 is 5.14. The van der Waals surface area contributed by atoms with Gasteiger partial charge in [0.15, 0.2) is 11.4 Å². The molecule has 1 aliphatic heterocycles. The summed E-state index contributed by atoms with van der Waals surface area (Å²) in [4.78, 5) is 26.7. The Morgan fingerprint density at radius 2 is 2.08 bits per heavy atom. The molecule has 1 aromatic carbocycles. The van der Waals surface area contributed by atoms with Crippen molar-refractivity contribution >= 4 is 23.5 Å². The SMILES string of the molecule is CCCCN1C(=O)[C@@](O)(CC(=O)/C=C\c2ccco2)c2ccccc21. The Balaban J connectivity index is 1.84. The van der Waals surface area contributed by atoms with Crippen LogP contribution in [0, 0.1) is 0 Å². The number of aliphatic hydroxyl groups is 1. The molecule has 0 fully saturated rings. The summed E-state index contributed by atoms with van der Waals surface area (Å²) in [6.45, 7) is 2.58. The highest BCUT2D eigenvalue weighted by Gasteiger charge is 2.50. The zero-order chi connectivity index (χ0) is 17.9. The lowest BCUT2D eigenvalue weighted by molar-refractivity contribution is -0.140. The third-order valence-electron chi connectivity index (χ3n) is 4.38. The number of ketones is 1. The van der Waals surface area contributed by atoms with Gasteiger partial charge in [-0.2, -0.15) is 0 Å². The first-order valence-corrected chi connectivity index (χ1v) is 8.44. The van der Waals surface area contributed by atoms with Gasteiger partial charge in [0.05, 0.1) is 18.4 Å². The number of carbonyl (C=O) groups is 2. The lowest BCUT2D eigenvalue weighted by Gasteiger charge is -2.22. The van der Waals surface area contributed by atoms with E-state index >= 15 is 0 Å². The number of fused-ring (bicyclic) bond motifs is 1. The molecule has 0 saturated heterocycles. The smallest absolute Gasteiger partial charge is 0.264 e. The number of hydrogen-bond acceptors (Lipinski definition) is 4. The van der Waals surface area contributed by atoms with Crippen molar-refractivity contribution in [3.63, 3.8) is 0 Å². The largest absolute Gasteiger partial charge is 0.465 e. The van der Waals surface area contributed by atoms with Crippen LogP contribution < -0.4 is 4.90 Å². The first kappa shape index (κ1) is 17.2. The summed E-state index contributed by atoms with van der Waals surface area (Å²) in [5, 5.41) is 11.0. The summed E-state index contributed by atoms with van der Waals surface area (Å²) in [6, 6.07) is 10.6. The van der Waals surface area contributed by atoms with E-state index in [2.05, 4.69) is 0 Å². The fourth-order valence-corrected chi connectivity index (χ4v) is 3.09. The topological polar surface area (TPSA) is 70.8 Å². The zero-order valence-corrected chi connectivity index (χ0v) is 14.1. The minimum absolute atomic E-state index is 0.289. The Bertz CT molecular complexity index is 794. The Morgan fingerprint density at radius 1 is 1.28 bits per heavy atom. The van der Waals surface area contributed by atoms with E-state index in [1.54, 1.807) is 29.2 Å². The minimum Gasteiger partial charge on any atom is -0.465 e. The van der Waals surface area contributed by atoms with E-state index in [1.165, 1.54) is 18.4 Å². The Hall–Kier alpha value is -2.66. The molecule has 1 amide bonds. The van der Waals surface area contributed by atoms with Crippen molar-refractivity contribution in [3.05, 3.63) is 60.1 Å². The molecule has 1 N–H and O–H groups in total. The van der Waals surface area contributed by atoms with Gasteiger partial charge in [0, 0.05) is 12.1 Å². The molecule has 5 heteroatoms. The van der Waals surface area contributed by atoms with Gasteiger partial charge in [-0.05, 0) is 36.8 Å². The molecule has 1 atom stereocenters. The molecule has 25 heavy (non-hydrogen) atoms. The molecule has 5 nitrogen and oxygen atoms in total. The molecule has 130 valence electrons. The van der Waals surface area contributed by atoms with Crippen LogP contribution in [0.5, 0.6) is 0 Å². The van der Waals surface area contributed by atoms with Gasteiger partial charge < -0.3 is 14.4 Å². The Kier molecular flexibility index (Phi) is 4.86. The van der Waals surface area contributed by atoms with Gasteiger partial charge in [-0.15, -0.1) is 0 Å². The van der Waals surface area contributed by atoms with E-state index < -0.39 is 11.5 Å². The van der Waals surface area contributed by atoms with Crippen molar-refractivity contribution in [3.8, 4) is 0 Å². The van der Waals surface area contributed by atoms with Crippen LogP contribution in [0.15, 0.2) is 53.2 Å². The van der Waals surface area contributed by atoms with Crippen molar-refractivity contribution in [1.29, 1.82) is 0 Å². The molecule has 0 radical (unpaired) electrons. The second-order valence-electron chi connectivity index (χ2n) is 6.18. The molecule has 0 saturated carbocycles. The Morgan fingerprint density at radius 3 is 2.80 bits per heavy atom. The van der Waals surface area contributed by atoms with E-state index in [4.69, 9.17) is 4.42 Å². The van der Waals surface area contributed by atoms with Gasteiger partial charge in [0.25, 0.3) is 5.91 Å². The van der Waals surface area contributed by atoms with Crippen molar-refractivity contribution in [2.24, 2.45) is 0 Å². The summed E-state index contributed by atoms with van der Waals surface area (Å²) in [7, 11) is 0. The summed E-state index contributed by atoms with van der Waals surface area (Å²) >= 11 is 0. The monoisotopic (exact) mass is 339 g/mol. The van der Waals surface area contributed by atoms with Gasteiger partial charge in [0.2, 0.25) is 0 Å². The maximum atomic E-state index is 12.8. The maximum absolute atomic E-state index is 12.8. The summed E-state index contributed by atoms with van der Waals surface area (Å²) in [5.74, 6) is -0.218. The van der Waals surface area contributed by atoms with E-state index in [0.717, 1.165) is 12.8 Å². The molecular weight excluding hydrogens is 318 g/mol. The van der Waals surface area contributed by atoms with Crippen LogP contribution >= 0.6 is 0 Å². The quantitative estimate of drug-likeness (QED) is 0.786. The predicted octanol–water partition coefficient (Wildman–Crippen LogP) is 3.29. The van der Waals surface area contributed by atoms with Gasteiger partial charge in [-0.1, -0.05) is 31.5 Å². The zero-order valence-electron chi connectivity index (χ0n) is 14.1. The van der Waals surface area contributed by atoms with E-state index in [1.807, 2.05) is 19.1 Å². The van der Waals surface area contributed by atoms with Gasteiger partial charge in [-0.25, -0.2) is 0 Å². The van der Waals surface area contributed by atoms with Crippen molar-refractivity contribution in [2.45, 2.75) is 31.8 Å². The van der Waals surface area contributed by atoms with Crippen LogP contribution in [0.1, 0.15) is 37.5 Å². The molecule has 0 aliphatic carbocycles. The van der Waals surface area contributed by atoms with Gasteiger partial charge in [-0.3, -0.25) is 9.59 Å². The maximum Gasteiger partial charge on any atom is 0.264 e. The number of benzene rings is 1. The number of allylic oxidation sites excluding steroid dienone is 1. The van der Waals surface area contributed by atoms with Gasteiger partial charge >= 0.3 is 0 Å². The second kappa shape index (κ2) is 7.07. The highest BCUT2D eigenvalue weighted by atomic mass is 16.3. The molecule has 2 aromatic rings. The number of amides is 1. The third-order valence-corrected chi connectivity index (χ3v) is 4.38. The standard InChI is InChI=1S/C20H21NO4/c1-2-3-12-21-18-9-5-4-8-17(18)20(24,19(21)23)14-15(22)10-11-16-7-6-13-25-16/h4-11,13,24H,2-3,12,14H2,1H3/b11-10-/t20-/m1/s1. The number of nitrogens with zero attached hydrogens (tertiary/aromatic N) is 1. The molecule has 0 unspecified atom stereocenters. The predicted molar refractivity (Wildman–Crippen MR) is 95.0 cm³/mol. The van der Waals surface area contributed by atoms with E-state index in [0.29, 0.717) is 23.6 Å². The first-order valence-electron chi connectivity index (χ1n) is 8.44. The molecule has 2 heterocycles. The third kappa shape index (κ3) is 3.28. The number of unbranched alkanes of at least 4 members (excludes halogenated alkanes) is 1. The summed E-state index contributed by atoms with van der Waals surface area (Å²) in [5.41, 5.74) is -0.628. The second-order valence-corrected chi connectivity index (χ2v) is 6.18. The van der Waals surface area contributed by atoms with E-state index in [-0.39, 0.29) is 12.2 Å². The van der Waals surface area contributed by atoms with Crippen molar-refractivity contribution < 1.29 is 19.1 Å². The summed E-state index contributed by atoms with van der Waals surface area (Å²) in [6.07, 6.45) is 5.87. The molecule has 1 aromatic heterocycles. The number of furan rings is 1. The first-order chi connectivity index (χ1) is 12.1. The van der Waals surface area contributed by atoms with E-state index in [9.17, 15) is 14.7 Å². The normalized spacial score (nSPS) is 19.6. The van der Waals surface area contributed by atoms with Crippen LogP contribution in [0.2, 0.25) is 0 Å². The molecule has 3 rings (SSSR count). The lowest BCUT2D eigenvalue weighted by atomic mass is 9.90. The van der Waals surface area contributed by atoms with Crippen LogP contribution in [0.25, 0.3) is 6.08 Å². The van der Waals surface area contributed by atoms with Crippen LogP contribution in [-0.4, -0.2) is 23.3 Å². The van der Waals surface area contributed by atoms with Crippen molar-refractivity contribution in [1.82, 2.24) is 0 Å². The van der Waals surface area contributed by atoms with Crippen molar-refractivity contribution in [2.75, 3.05) is 11.4 Å². The highest BCUT2D eigenvalue weighted by molar-refractivity contribution is 6.10. The molecule has 1 aliphatic rings. The highest BCUT2D eigenvalue weighted by Crippen LogP contribution is 2.42. The molecular formula is C20H21NO4. The number of carbonyl (C=O) groups excluding carboxylic acids is 2. The minimum atomic E-state index is -1.81. The van der Waals surface area contributed by atoms with Crippen LogP contribution in [0.3, 0.4) is 0 Å². The fraction of sp³-hybridized carbons (Fsp3) is 0.300. The Labute approximate surface area is 146 Å². The average molecular weight is 339 g/mol. The van der Waals surface area contributed by atoms with Crippen LogP contribution in [-0.2, 0) is 15.2 Å². The average Bonchev–Trinajstić information content (AvgIpc) is 3.19. The molecule has 0 spiro atoms. The number of hydrogen-bond donors (Lipinski definition) is 1. The fourth-order valence-electron chi connectivity index (χ4n) is 3.09. The lowest BCUT2D eigenvalue weighted by Crippen LogP contribution is -2.42. The van der Waals surface area contributed by atoms with Gasteiger partial charge in [0.1, 0.15) is 5.76 Å². The molecule has 0 bridgehead atoms. The van der Waals surface area contributed by atoms with Crippen LogP contribution in [0.4, 0.5) is 5.69 Å². The number of para-hydroxylation sites is 1.